The highest BCUT2D eigenvalue weighted by molar-refractivity contribution is 6.31. The number of benzene rings is 3. The van der Waals surface area contributed by atoms with Gasteiger partial charge in [0.15, 0.2) is 17.3 Å². The van der Waals surface area contributed by atoms with Crippen LogP contribution in [0.5, 0.6) is 11.5 Å². The highest BCUT2D eigenvalue weighted by atomic mass is 35.5. The van der Waals surface area contributed by atoms with Gasteiger partial charge in [0.1, 0.15) is 0 Å². The standard InChI is InChI=1S/C27H25ClN2O3/c1-32-24-13-7-9-18(27(24)33-2)26-25-22(29-20-11-5-6-12-21(20)30-26)14-16(15-23(25)31)17-8-3-4-10-19(17)28/h3-13,16,26,29-30H,14-15H2,1-2H3/t16-,26-/m0/s1. The summed E-state index contributed by atoms with van der Waals surface area (Å²) in [5.74, 6) is 1.34. The van der Waals surface area contributed by atoms with Crippen LogP contribution in [0, 0.1) is 0 Å². The quantitative estimate of drug-likeness (QED) is 0.476. The third-order valence-electron chi connectivity index (χ3n) is 6.40. The van der Waals surface area contributed by atoms with E-state index in [0.717, 1.165) is 33.8 Å². The second-order valence-corrected chi connectivity index (χ2v) is 8.68. The van der Waals surface area contributed by atoms with Crippen LogP contribution in [-0.2, 0) is 4.79 Å². The molecule has 3 aromatic rings. The predicted octanol–water partition coefficient (Wildman–Crippen LogP) is 6.34. The molecule has 0 radical (unpaired) electrons. The minimum Gasteiger partial charge on any atom is -0.493 e. The number of ether oxygens (including phenoxy) is 2. The summed E-state index contributed by atoms with van der Waals surface area (Å²) >= 11 is 6.50. The Morgan fingerprint density at radius 1 is 0.848 bits per heavy atom. The van der Waals surface area contributed by atoms with Gasteiger partial charge in [0.25, 0.3) is 0 Å². The molecule has 0 aromatic heterocycles. The average Bonchev–Trinajstić information content (AvgIpc) is 3.00. The lowest BCUT2D eigenvalue weighted by Crippen LogP contribution is -2.27. The second kappa shape index (κ2) is 8.83. The maximum Gasteiger partial charge on any atom is 0.166 e. The summed E-state index contributed by atoms with van der Waals surface area (Å²) < 4.78 is 11.3. The number of carbonyl (C=O) groups excluding carboxylic acids is 1. The average molecular weight is 461 g/mol. The van der Waals surface area contributed by atoms with Crippen LogP contribution in [0.15, 0.2) is 78.0 Å². The molecule has 0 saturated carbocycles. The number of para-hydroxylation sites is 3. The Kier molecular flexibility index (Phi) is 5.73. The zero-order valence-electron chi connectivity index (χ0n) is 18.5. The number of carbonyl (C=O) groups is 1. The molecule has 0 spiro atoms. The molecule has 5 rings (SSSR count). The predicted molar refractivity (Wildman–Crippen MR) is 131 cm³/mol. The van der Waals surface area contributed by atoms with Gasteiger partial charge in [-0.15, -0.1) is 0 Å². The van der Waals surface area contributed by atoms with E-state index in [2.05, 4.69) is 10.6 Å². The summed E-state index contributed by atoms with van der Waals surface area (Å²) in [6, 6.07) is 21.1. The molecule has 5 nitrogen and oxygen atoms in total. The van der Waals surface area contributed by atoms with E-state index < -0.39 is 0 Å². The molecule has 0 saturated heterocycles. The van der Waals surface area contributed by atoms with Crippen LogP contribution >= 0.6 is 11.6 Å². The summed E-state index contributed by atoms with van der Waals surface area (Å²) in [7, 11) is 3.24. The van der Waals surface area contributed by atoms with Gasteiger partial charge in [0, 0.05) is 28.3 Å². The van der Waals surface area contributed by atoms with Crippen molar-refractivity contribution in [1.29, 1.82) is 0 Å². The molecule has 0 bridgehead atoms. The van der Waals surface area contributed by atoms with E-state index in [1.165, 1.54) is 0 Å². The first kappa shape index (κ1) is 21.4. The minimum atomic E-state index is -0.388. The van der Waals surface area contributed by atoms with Crippen LogP contribution in [0.4, 0.5) is 11.4 Å². The van der Waals surface area contributed by atoms with E-state index in [1.54, 1.807) is 14.2 Å². The number of rotatable bonds is 4. The van der Waals surface area contributed by atoms with Gasteiger partial charge in [0.2, 0.25) is 0 Å². The third-order valence-corrected chi connectivity index (χ3v) is 6.74. The second-order valence-electron chi connectivity index (χ2n) is 8.27. The molecule has 168 valence electrons. The number of nitrogens with one attached hydrogen (secondary N) is 2. The number of allylic oxidation sites excluding steroid dienone is 1. The summed E-state index contributed by atoms with van der Waals surface area (Å²) in [5, 5.41) is 7.84. The van der Waals surface area contributed by atoms with Gasteiger partial charge in [-0.3, -0.25) is 4.79 Å². The maximum atomic E-state index is 13.7. The monoisotopic (exact) mass is 460 g/mol. The normalized spacial score (nSPS) is 19.5. The molecule has 1 aliphatic heterocycles. The van der Waals surface area contributed by atoms with Crippen molar-refractivity contribution < 1.29 is 14.3 Å². The van der Waals surface area contributed by atoms with Gasteiger partial charge in [-0.25, -0.2) is 0 Å². The van der Waals surface area contributed by atoms with Crippen LogP contribution in [0.2, 0.25) is 5.02 Å². The van der Waals surface area contributed by atoms with Gasteiger partial charge < -0.3 is 20.1 Å². The van der Waals surface area contributed by atoms with Gasteiger partial charge in [0.05, 0.1) is 31.6 Å². The van der Waals surface area contributed by atoms with Gasteiger partial charge in [-0.1, -0.05) is 54.1 Å². The number of ketones is 1. The van der Waals surface area contributed by atoms with Crippen molar-refractivity contribution in [3.05, 3.63) is 94.1 Å². The maximum absolute atomic E-state index is 13.7. The van der Waals surface area contributed by atoms with E-state index in [0.29, 0.717) is 29.4 Å². The van der Waals surface area contributed by atoms with Crippen molar-refractivity contribution in [3.63, 3.8) is 0 Å². The summed E-state index contributed by atoms with van der Waals surface area (Å²) in [6.45, 7) is 0. The summed E-state index contributed by atoms with van der Waals surface area (Å²) in [5.41, 5.74) is 5.34. The molecule has 1 heterocycles. The Morgan fingerprint density at radius 3 is 2.33 bits per heavy atom. The molecule has 3 aromatic carbocycles. The van der Waals surface area contributed by atoms with Crippen LogP contribution in [0.25, 0.3) is 0 Å². The summed E-state index contributed by atoms with van der Waals surface area (Å²) in [6.07, 6.45) is 1.08. The van der Waals surface area contributed by atoms with Crippen LogP contribution in [-0.4, -0.2) is 20.0 Å². The lowest BCUT2D eigenvalue weighted by atomic mass is 9.78. The first-order valence-electron chi connectivity index (χ1n) is 10.9. The first-order chi connectivity index (χ1) is 16.1. The molecule has 0 amide bonds. The SMILES string of the molecule is COc1cccc([C@@H]2Nc3ccccc3NC3=C2C(=O)C[C@@H](c2ccccc2Cl)C3)c1OC. The van der Waals surface area contributed by atoms with Gasteiger partial charge in [-0.2, -0.15) is 0 Å². The number of fused-ring (bicyclic) bond motifs is 1. The van der Waals surface area contributed by atoms with Crippen molar-refractivity contribution in [2.24, 2.45) is 0 Å². The lowest BCUT2D eigenvalue weighted by molar-refractivity contribution is -0.116. The lowest BCUT2D eigenvalue weighted by Gasteiger charge is -2.31. The van der Waals surface area contributed by atoms with Crippen LogP contribution in [0.3, 0.4) is 0 Å². The topological polar surface area (TPSA) is 59.6 Å². The van der Waals surface area contributed by atoms with Crippen LogP contribution < -0.4 is 20.1 Å². The fourth-order valence-electron chi connectivity index (χ4n) is 4.89. The Labute approximate surface area is 198 Å². The zero-order chi connectivity index (χ0) is 22.9. The Morgan fingerprint density at radius 2 is 1.58 bits per heavy atom. The van der Waals surface area contributed by atoms with E-state index in [9.17, 15) is 4.79 Å². The fourth-order valence-corrected chi connectivity index (χ4v) is 5.18. The van der Waals surface area contributed by atoms with E-state index >= 15 is 0 Å². The van der Waals surface area contributed by atoms with Crippen molar-refractivity contribution >= 4 is 28.8 Å². The number of halogens is 1. The van der Waals surface area contributed by atoms with Crippen molar-refractivity contribution in [2.75, 3.05) is 24.9 Å². The molecule has 0 fully saturated rings. The number of methoxy groups -OCH3 is 2. The fraction of sp³-hybridized carbons (Fsp3) is 0.222. The van der Waals surface area contributed by atoms with Gasteiger partial charge in [-0.05, 0) is 42.2 Å². The Hall–Kier alpha value is -3.44. The van der Waals surface area contributed by atoms with Crippen molar-refractivity contribution in [3.8, 4) is 11.5 Å². The van der Waals surface area contributed by atoms with Crippen LogP contribution in [0.1, 0.15) is 35.9 Å². The van der Waals surface area contributed by atoms with Crippen molar-refractivity contribution in [2.45, 2.75) is 24.8 Å². The van der Waals surface area contributed by atoms with E-state index in [-0.39, 0.29) is 17.7 Å². The molecule has 2 aliphatic rings. The highest BCUT2D eigenvalue weighted by Gasteiger charge is 2.37. The third kappa shape index (κ3) is 3.83. The Balaban J connectivity index is 1.66. The molecular formula is C27H25ClN2O3. The zero-order valence-corrected chi connectivity index (χ0v) is 19.3. The van der Waals surface area contributed by atoms with Crippen molar-refractivity contribution in [1.82, 2.24) is 0 Å². The molecule has 2 atom stereocenters. The minimum absolute atomic E-state index is 0.00978. The van der Waals surface area contributed by atoms with E-state index in [4.69, 9.17) is 21.1 Å². The summed E-state index contributed by atoms with van der Waals surface area (Å²) in [4.78, 5) is 13.7. The smallest absolute Gasteiger partial charge is 0.166 e. The molecular weight excluding hydrogens is 436 g/mol. The van der Waals surface area contributed by atoms with E-state index in [1.807, 2.05) is 66.7 Å². The molecule has 6 heteroatoms. The van der Waals surface area contributed by atoms with Gasteiger partial charge >= 0.3 is 0 Å². The Bertz CT molecular complexity index is 1250. The first-order valence-corrected chi connectivity index (χ1v) is 11.3. The molecule has 0 unspecified atom stereocenters. The highest BCUT2D eigenvalue weighted by Crippen LogP contribution is 2.47. The number of hydrogen-bond acceptors (Lipinski definition) is 5. The molecule has 2 N–H and O–H groups in total. The number of anilines is 2. The number of Topliss-reactive ketones (excluding diaryl/α,β-unsaturated/α-hetero) is 1. The number of hydrogen-bond donors (Lipinski definition) is 2. The molecule has 1 aliphatic carbocycles. The largest absolute Gasteiger partial charge is 0.493 e. The molecule has 33 heavy (non-hydrogen) atoms.